The maximum Gasteiger partial charge on any atom is 0.311 e. The fourth-order valence-electron chi connectivity index (χ4n) is 5.40. The molecule has 2 aliphatic carbocycles. The normalized spacial score (nSPS) is 25.9. The van der Waals surface area contributed by atoms with Crippen LogP contribution in [0.3, 0.4) is 0 Å². The van der Waals surface area contributed by atoms with Gasteiger partial charge in [-0.25, -0.2) is 13.1 Å². The lowest BCUT2D eigenvalue weighted by molar-refractivity contribution is 0.162. The first-order valence-corrected chi connectivity index (χ1v) is 14.0. The summed E-state index contributed by atoms with van der Waals surface area (Å²) in [4.78, 5) is 15.7. The summed E-state index contributed by atoms with van der Waals surface area (Å²) in [5.41, 5.74) is 0.586. The number of hydrogen-bond acceptors (Lipinski definition) is 6. The van der Waals surface area contributed by atoms with E-state index >= 15 is 0 Å². The van der Waals surface area contributed by atoms with Gasteiger partial charge in [0.15, 0.2) is 0 Å². The summed E-state index contributed by atoms with van der Waals surface area (Å²) in [7, 11) is -3.21. The maximum atomic E-state index is 13.6. The molecule has 0 radical (unpaired) electrons. The molecule has 0 unspecified atom stereocenters. The van der Waals surface area contributed by atoms with Crippen LogP contribution in [0, 0.1) is 5.92 Å². The van der Waals surface area contributed by atoms with Crippen molar-refractivity contribution in [1.29, 1.82) is 0 Å². The summed E-state index contributed by atoms with van der Waals surface area (Å²) in [5, 5.41) is 4.58. The quantitative estimate of drug-likeness (QED) is 0.614. The van der Waals surface area contributed by atoms with Gasteiger partial charge in [-0.15, -0.1) is 0 Å². The smallest absolute Gasteiger partial charge is 0.311 e. The second-order valence-electron chi connectivity index (χ2n) is 9.67. The molecule has 4 rings (SSSR count). The van der Waals surface area contributed by atoms with E-state index in [1.54, 1.807) is 15.2 Å². The molecule has 2 atom stereocenters. The average molecular weight is 467 g/mol. The van der Waals surface area contributed by atoms with Crippen LogP contribution < -0.4 is 15.2 Å². The summed E-state index contributed by atoms with van der Waals surface area (Å²) in [6.07, 6.45) is 11.1. The van der Waals surface area contributed by atoms with Crippen molar-refractivity contribution in [1.82, 2.24) is 14.1 Å². The van der Waals surface area contributed by atoms with Crippen molar-refractivity contribution >= 4 is 15.7 Å². The molecule has 1 aromatic heterocycles. The highest BCUT2D eigenvalue weighted by atomic mass is 32.2. The van der Waals surface area contributed by atoms with Gasteiger partial charge in [0.1, 0.15) is 11.8 Å². The first kappa shape index (κ1) is 23.5. The Morgan fingerprint density at radius 3 is 2.38 bits per heavy atom. The number of sulfonamides is 1. The molecule has 0 amide bonds. The SMILES string of the molecule is CCCS(=O)(=O)N1CCN(c2cnn(C3CCCCC3)c(=O)c2O[C@@H]2CCC[C@H]2C)CC1. The van der Waals surface area contributed by atoms with Gasteiger partial charge in [-0.1, -0.05) is 33.1 Å². The van der Waals surface area contributed by atoms with E-state index in [0.717, 1.165) is 44.9 Å². The first-order valence-electron chi connectivity index (χ1n) is 12.4. The minimum absolute atomic E-state index is 0.0508. The summed E-state index contributed by atoms with van der Waals surface area (Å²) in [5.74, 6) is 1.02. The predicted molar refractivity (Wildman–Crippen MR) is 126 cm³/mol. The van der Waals surface area contributed by atoms with Gasteiger partial charge >= 0.3 is 5.56 Å². The zero-order valence-corrected chi connectivity index (χ0v) is 20.4. The third-order valence-corrected chi connectivity index (χ3v) is 9.42. The summed E-state index contributed by atoms with van der Waals surface area (Å²) in [6.45, 7) is 5.99. The second-order valence-corrected chi connectivity index (χ2v) is 11.8. The van der Waals surface area contributed by atoms with Gasteiger partial charge in [0.05, 0.1) is 18.0 Å². The van der Waals surface area contributed by atoms with E-state index in [2.05, 4.69) is 16.9 Å². The van der Waals surface area contributed by atoms with E-state index < -0.39 is 10.0 Å². The van der Waals surface area contributed by atoms with Crippen molar-refractivity contribution in [2.24, 2.45) is 5.92 Å². The third kappa shape index (κ3) is 4.98. The van der Waals surface area contributed by atoms with Crippen molar-refractivity contribution in [3.63, 3.8) is 0 Å². The van der Waals surface area contributed by atoms with Crippen LogP contribution >= 0.6 is 0 Å². The molecule has 180 valence electrons. The highest BCUT2D eigenvalue weighted by molar-refractivity contribution is 7.89. The van der Waals surface area contributed by atoms with E-state index in [0.29, 0.717) is 50.0 Å². The zero-order valence-electron chi connectivity index (χ0n) is 19.5. The van der Waals surface area contributed by atoms with Gasteiger partial charge in [0, 0.05) is 26.2 Å². The van der Waals surface area contributed by atoms with E-state index in [1.807, 2.05) is 6.92 Å². The Morgan fingerprint density at radius 1 is 1.03 bits per heavy atom. The van der Waals surface area contributed by atoms with Crippen LogP contribution in [0.2, 0.25) is 0 Å². The third-order valence-electron chi connectivity index (χ3n) is 7.35. The van der Waals surface area contributed by atoms with Crippen LogP contribution in [0.15, 0.2) is 11.0 Å². The standard InChI is InChI=1S/C23H38N4O4S/c1-3-16-32(29,30)26-14-12-25(13-15-26)20-17-24-27(19-9-5-4-6-10-19)23(28)22(20)31-21-11-7-8-18(21)2/h17-19,21H,3-16H2,1-2H3/t18-,21-/m1/s1. The van der Waals surface area contributed by atoms with Crippen molar-refractivity contribution in [3.8, 4) is 5.75 Å². The largest absolute Gasteiger partial charge is 0.483 e. The molecule has 9 heteroatoms. The zero-order chi connectivity index (χ0) is 22.7. The molecule has 0 N–H and O–H groups in total. The van der Waals surface area contributed by atoms with E-state index in [4.69, 9.17) is 4.74 Å². The van der Waals surface area contributed by atoms with E-state index in [9.17, 15) is 13.2 Å². The predicted octanol–water partition coefficient (Wildman–Crippen LogP) is 3.18. The second kappa shape index (κ2) is 10.1. The van der Waals surface area contributed by atoms with E-state index in [1.165, 1.54) is 6.42 Å². The van der Waals surface area contributed by atoms with Crippen molar-refractivity contribution in [2.75, 3.05) is 36.8 Å². The van der Waals surface area contributed by atoms with Crippen LogP contribution in [-0.4, -0.2) is 60.5 Å². The monoisotopic (exact) mass is 466 g/mol. The number of ether oxygens (including phenoxy) is 1. The number of hydrogen-bond donors (Lipinski definition) is 0. The Bertz CT molecular complexity index is 934. The molecule has 3 aliphatic rings. The fraction of sp³-hybridized carbons (Fsp3) is 0.826. The lowest BCUT2D eigenvalue weighted by Gasteiger charge is -2.36. The molecule has 1 aromatic rings. The number of piperazine rings is 1. The molecule has 0 aromatic carbocycles. The lowest BCUT2D eigenvalue weighted by Crippen LogP contribution is -2.50. The number of anilines is 1. The molecule has 1 aliphatic heterocycles. The molecule has 0 bridgehead atoms. The first-order chi connectivity index (χ1) is 15.4. The minimum atomic E-state index is -3.21. The summed E-state index contributed by atoms with van der Waals surface area (Å²) < 4.78 is 34.6. The molecule has 32 heavy (non-hydrogen) atoms. The molecular weight excluding hydrogens is 428 g/mol. The van der Waals surface area contributed by atoms with Gasteiger partial charge < -0.3 is 9.64 Å². The Labute approximate surface area is 192 Å². The Morgan fingerprint density at radius 2 is 1.75 bits per heavy atom. The van der Waals surface area contributed by atoms with Gasteiger partial charge in [-0.2, -0.15) is 9.40 Å². The molecule has 2 saturated carbocycles. The minimum Gasteiger partial charge on any atom is -0.483 e. The van der Waals surface area contributed by atoms with Gasteiger partial charge in [-0.05, 0) is 44.4 Å². The Kier molecular flexibility index (Phi) is 7.44. The van der Waals surface area contributed by atoms with Crippen LogP contribution in [0.4, 0.5) is 5.69 Å². The van der Waals surface area contributed by atoms with Crippen molar-refractivity contribution in [2.45, 2.75) is 83.8 Å². The molecule has 2 heterocycles. The fourth-order valence-corrected chi connectivity index (χ4v) is 6.89. The topological polar surface area (TPSA) is 84.7 Å². The molecule has 3 fully saturated rings. The molecule has 8 nitrogen and oxygen atoms in total. The summed E-state index contributed by atoms with van der Waals surface area (Å²) >= 11 is 0. The molecule has 0 spiro atoms. The van der Waals surface area contributed by atoms with Crippen LogP contribution in [-0.2, 0) is 10.0 Å². The highest BCUT2D eigenvalue weighted by Gasteiger charge is 2.32. The van der Waals surface area contributed by atoms with Gasteiger partial charge in [-0.3, -0.25) is 4.79 Å². The lowest BCUT2D eigenvalue weighted by atomic mass is 9.96. The highest BCUT2D eigenvalue weighted by Crippen LogP contribution is 2.34. The Hall–Kier alpha value is -1.61. The summed E-state index contributed by atoms with van der Waals surface area (Å²) in [6, 6.07) is 0.143. The van der Waals surface area contributed by atoms with Crippen molar-refractivity contribution < 1.29 is 13.2 Å². The Balaban J connectivity index is 1.59. The number of rotatable bonds is 7. The number of nitrogens with zero attached hydrogens (tertiary/aromatic N) is 4. The number of aromatic nitrogens is 2. The maximum absolute atomic E-state index is 13.6. The molecule has 1 saturated heterocycles. The molecular formula is C23H38N4O4S. The van der Waals surface area contributed by atoms with Crippen molar-refractivity contribution in [3.05, 3.63) is 16.6 Å². The van der Waals surface area contributed by atoms with Crippen LogP contribution in [0.25, 0.3) is 0 Å². The van der Waals surface area contributed by atoms with Gasteiger partial charge in [0.25, 0.3) is 0 Å². The van der Waals surface area contributed by atoms with E-state index in [-0.39, 0.29) is 23.5 Å². The average Bonchev–Trinajstić information content (AvgIpc) is 3.20. The van der Waals surface area contributed by atoms with Gasteiger partial charge in [0.2, 0.25) is 15.8 Å². The van der Waals surface area contributed by atoms with Crippen LogP contribution in [0.1, 0.15) is 77.7 Å². The van der Waals surface area contributed by atoms with Crippen LogP contribution in [0.5, 0.6) is 5.75 Å².